The molecule has 4 N–H and O–H groups in total. The van der Waals surface area contributed by atoms with E-state index in [-0.39, 0.29) is 5.92 Å². The molecular weight excluding hydrogens is 170 g/mol. The van der Waals surface area contributed by atoms with E-state index in [4.69, 9.17) is 10.9 Å². The molecule has 0 radical (unpaired) electrons. The molecule has 1 heterocycles. The first-order chi connectivity index (χ1) is 6.15. The fraction of sp³-hybridized carbons (Fsp3) is 0.875. The number of piperidine rings is 1. The Hall–Kier alpha value is -0.650. The van der Waals surface area contributed by atoms with Crippen molar-refractivity contribution in [3.63, 3.8) is 0 Å². The van der Waals surface area contributed by atoms with Crippen LogP contribution in [-0.4, -0.2) is 42.2 Å². The SMILES string of the molecule is CN1CCC(C(N)C(=O)NO)CC1. The number of hydrogen-bond acceptors (Lipinski definition) is 4. The predicted molar refractivity (Wildman–Crippen MR) is 48.1 cm³/mol. The number of amides is 1. The highest BCUT2D eigenvalue weighted by Crippen LogP contribution is 2.18. The van der Waals surface area contributed by atoms with Crippen molar-refractivity contribution in [1.29, 1.82) is 0 Å². The second kappa shape index (κ2) is 4.55. The van der Waals surface area contributed by atoms with Crippen LogP contribution >= 0.6 is 0 Å². The number of nitrogens with zero attached hydrogens (tertiary/aromatic N) is 1. The monoisotopic (exact) mass is 187 g/mol. The molecule has 0 saturated carbocycles. The van der Waals surface area contributed by atoms with Gasteiger partial charge in [-0.2, -0.15) is 0 Å². The Kier molecular flexibility index (Phi) is 3.65. The first-order valence-corrected chi connectivity index (χ1v) is 4.53. The summed E-state index contributed by atoms with van der Waals surface area (Å²) in [6.07, 6.45) is 1.84. The third-order valence-electron chi connectivity index (χ3n) is 2.68. The lowest BCUT2D eigenvalue weighted by Gasteiger charge is -2.31. The van der Waals surface area contributed by atoms with Crippen molar-refractivity contribution in [3.8, 4) is 0 Å². The number of hydroxylamine groups is 1. The van der Waals surface area contributed by atoms with Crippen LogP contribution in [-0.2, 0) is 4.79 Å². The van der Waals surface area contributed by atoms with Gasteiger partial charge in [-0.3, -0.25) is 10.0 Å². The van der Waals surface area contributed by atoms with E-state index in [1.807, 2.05) is 7.05 Å². The van der Waals surface area contributed by atoms with Crippen LogP contribution in [0, 0.1) is 5.92 Å². The summed E-state index contributed by atoms with van der Waals surface area (Å²) in [5.74, 6) is -0.280. The molecule has 1 aliphatic heterocycles. The molecule has 0 aromatic carbocycles. The summed E-state index contributed by atoms with van der Waals surface area (Å²) in [5, 5.41) is 8.40. The molecule has 1 fully saturated rings. The Morgan fingerprint density at radius 3 is 2.62 bits per heavy atom. The van der Waals surface area contributed by atoms with Crippen molar-refractivity contribution >= 4 is 5.91 Å². The number of carbonyl (C=O) groups excluding carboxylic acids is 1. The molecule has 1 aliphatic rings. The van der Waals surface area contributed by atoms with E-state index >= 15 is 0 Å². The van der Waals surface area contributed by atoms with Crippen LogP contribution in [0.2, 0.25) is 0 Å². The van der Waals surface area contributed by atoms with Gasteiger partial charge in [-0.05, 0) is 38.9 Å². The maximum Gasteiger partial charge on any atom is 0.260 e. The van der Waals surface area contributed by atoms with Gasteiger partial charge in [-0.1, -0.05) is 0 Å². The molecule has 76 valence electrons. The second-order valence-electron chi connectivity index (χ2n) is 3.64. The third kappa shape index (κ3) is 2.65. The predicted octanol–water partition coefficient (Wildman–Crippen LogP) is -0.839. The zero-order valence-corrected chi connectivity index (χ0v) is 7.86. The van der Waals surface area contributed by atoms with Gasteiger partial charge in [0.2, 0.25) is 0 Å². The number of likely N-dealkylation sites (tertiary alicyclic amines) is 1. The highest BCUT2D eigenvalue weighted by atomic mass is 16.5. The fourth-order valence-electron chi connectivity index (χ4n) is 1.68. The summed E-state index contributed by atoms with van der Waals surface area (Å²) in [6.45, 7) is 1.94. The van der Waals surface area contributed by atoms with Crippen molar-refractivity contribution in [2.24, 2.45) is 11.7 Å². The minimum absolute atomic E-state index is 0.198. The topological polar surface area (TPSA) is 78.6 Å². The van der Waals surface area contributed by atoms with Crippen LogP contribution in [0.5, 0.6) is 0 Å². The van der Waals surface area contributed by atoms with Gasteiger partial charge in [0.05, 0.1) is 6.04 Å². The second-order valence-corrected chi connectivity index (χ2v) is 3.64. The molecule has 1 rings (SSSR count). The van der Waals surface area contributed by atoms with Gasteiger partial charge >= 0.3 is 0 Å². The van der Waals surface area contributed by atoms with E-state index in [9.17, 15) is 4.79 Å². The van der Waals surface area contributed by atoms with Gasteiger partial charge < -0.3 is 10.6 Å². The van der Waals surface area contributed by atoms with E-state index in [1.165, 1.54) is 0 Å². The Labute approximate surface area is 77.8 Å². The van der Waals surface area contributed by atoms with Crippen LogP contribution in [0.4, 0.5) is 0 Å². The Bertz CT molecular complexity index is 178. The highest BCUT2D eigenvalue weighted by molar-refractivity contribution is 5.80. The Morgan fingerprint density at radius 2 is 2.15 bits per heavy atom. The molecule has 0 aromatic rings. The molecular formula is C8H17N3O2. The lowest BCUT2D eigenvalue weighted by molar-refractivity contribution is -0.132. The number of nitrogens with two attached hydrogens (primary N) is 1. The molecule has 1 atom stereocenters. The third-order valence-corrected chi connectivity index (χ3v) is 2.68. The van der Waals surface area contributed by atoms with E-state index in [0.29, 0.717) is 0 Å². The number of carbonyl (C=O) groups is 1. The van der Waals surface area contributed by atoms with Gasteiger partial charge in [-0.25, -0.2) is 5.48 Å². The first-order valence-electron chi connectivity index (χ1n) is 4.53. The van der Waals surface area contributed by atoms with Gasteiger partial charge in [-0.15, -0.1) is 0 Å². The maximum absolute atomic E-state index is 11.0. The number of rotatable bonds is 2. The molecule has 0 bridgehead atoms. The standard InChI is InChI=1S/C8H17N3O2/c1-11-4-2-6(3-5-11)7(9)8(12)10-13/h6-7,13H,2-5,9H2,1H3,(H,10,12). The van der Waals surface area contributed by atoms with Gasteiger partial charge in [0.15, 0.2) is 0 Å². The van der Waals surface area contributed by atoms with E-state index in [1.54, 1.807) is 5.48 Å². The average Bonchev–Trinajstić information content (AvgIpc) is 2.17. The normalized spacial score (nSPS) is 22.7. The largest absolute Gasteiger partial charge is 0.320 e. The molecule has 0 spiro atoms. The molecule has 5 nitrogen and oxygen atoms in total. The van der Waals surface area contributed by atoms with Crippen molar-refractivity contribution in [2.45, 2.75) is 18.9 Å². The smallest absolute Gasteiger partial charge is 0.260 e. The Balaban J connectivity index is 2.39. The zero-order valence-electron chi connectivity index (χ0n) is 7.86. The average molecular weight is 187 g/mol. The molecule has 1 saturated heterocycles. The Morgan fingerprint density at radius 1 is 1.62 bits per heavy atom. The number of hydrogen-bond donors (Lipinski definition) is 3. The lowest BCUT2D eigenvalue weighted by Crippen LogP contribution is -2.47. The summed E-state index contributed by atoms with van der Waals surface area (Å²) in [5.41, 5.74) is 7.25. The van der Waals surface area contributed by atoms with Crippen LogP contribution < -0.4 is 11.2 Å². The summed E-state index contributed by atoms with van der Waals surface area (Å²) < 4.78 is 0. The van der Waals surface area contributed by atoms with Crippen molar-refractivity contribution < 1.29 is 10.0 Å². The van der Waals surface area contributed by atoms with Crippen LogP contribution in [0.1, 0.15) is 12.8 Å². The summed E-state index contributed by atoms with van der Waals surface area (Å²) in [7, 11) is 2.05. The summed E-state index contributed by atoms with van der Waals surface area (Å²) in [6, 6.07) is -0.571. The van der Waals surface area contributed by atoms with Crippen molar-refractivity contribution in [1.82, 2.24) is 10.4 Å². The van der Waals surface area contributed by atoms with E-state index < -0.39 is 11.9 Å². The van der Waals surface area contributed by atoms with Crippen LogP contribution in [0.15, 0.2) is 0 Å². The number of nitrogens with one attached hydrogen (secondary N) is 1. The maximum atomic E-state index is 11.0. The fourth-order valence-corrected chi connectivity index (χ4v) is 1.68. The van der Waals surface area contributed by atoms with E-state index in [2.05, 4.69) is 4.90 Å². The highest BCUT2D eigenvalue weighted by Gasteiger charge is 2.27. The van der Waals surface area contributed by atoms with Gasteiger partial charge in [0, 0.05) is 0 Å². The molecule has 1 amide bonds. The van der Waals surface area contributed by atoms with Gasteiger partial charge in [0.25, 0.3) is 5.91 Å². The minimum Gasteiger partial charge on any atom is -0.320 e. The van der Waals surface area contributed by atoms with Crippen LogP contribution in [0.3, 0.4) is 0 Å². The molecule has 5 heteroatoms. The van der Waals surface area contributed by atoms with E-state index in [0.717, 1.165) is 25.9 Å². The quantitative estimate of drug-likeness (QED) is 0.389. The molecule has 0 aliphatic carbocycles. The van der Waals surface area contributed by atoms with Gasteiger partial charge in [0.1, 0.15) is 0 Å². The van der Waals surface area contributed by atoms with Crippen LogP contribution in [0.25, 0.3) is 0 Å². The molecule has 0 aromatic heterocycles. The summed E-state index contributed by atoms with van der Waals surface area (Å²) in [4.78, 5) is 13.2. The first kappa shape index (κ1) is 10.4. The molecule has 1 unspecified atom stereocenters. The lowest BCUT2D eigenvalue weighted by atomic mass is 9.90. The summed E-state index contributed by atoms with van der Waals surface area (Å²) >= 11 is 0. The molecule has 13 heavy (non-hydrogen) atoms. The zero-order chi connectivity index (χ0) is 9.84. The van der Waals surface area contributed by atoms with Crippen molar-refractivity contribution in [3.05, 3.63) is 0 Å². The minimum atomic E-state index is -0.571. The van der Waals surface area contributed by atoms with Crippen molar-refractivity contribution in [2.75, 3.05) is 20.1 Å².